The van der Waals surface area contributed by atoms with Gasteiger partial charge >= 0.3 is 5.97 Å². The molecule has 0 amide bonds. The van der Waals surface area contributed by atoms with Crippen LogP contribution in [0.1, 0.15) is 17.3 Å². The Bertz CT molecular complexity index is 583. The van der Waals surface area contributed by atoms with Crippen LogP contribution in [0.2, 0.25) is 0 Å². The van der Waals surface area contributed by atoms with Crippen LogP contribution >= 0.6 is 27.7 Å². The molecule has 2 aromatic rings. The zero-order valence-corrected chi connectivity index (χ0v) is 12.0. The molecule has 4 nitrogen and oxygen atoms in total. The van der Waals surface area contributed by atoms with E-state index in [1.807, 2.05) is 19.1 Å². The van der Waals surface area contributed by atoms with Gasteiger partial charge in [-0.15, -0.1) is 11.8 Å². The number of carboxylic acids is 1. The minimum absolute atomic E-state index is 0.292. The van der Waals surface area contributed by atoms with Gasteiger partial charge in [0, 0.05) is 11.1 Å². The molecule has 1 N–H and O–H groups in total. The molecule has 0 unspecified atom stereocenters. The van der Waals surface area contributed by atoms with Crippen molar-refractivity contribution in [2.75, 3.05) is 5.75 Å². The average molecular weight is 327 g/mol. The third-order valence-electron chi connectivity index (χ3n) is 2.32. The maximum absolute atomic E-state index is 11.4. The summed E-state index contributed by atoms with van der Waals surface area (Å²) < 4.78 is 2.38. The van der Waals surface area contributed by atoms with E-state index in [2.05, 4.69) is 21.0 Å². The standard InChI is InChI=1S/C12H11BrN2O2S/c1-2-18-10-5-3-4-9(11(10)12(16)17)15-7-8(13)6-14-15/h3-7H,2H2,1H3,(H,16,17). The molecular formula is C12H11BrN2O2S. The monoisotopic (exact) mass is 326 g/mol. The van der Waals surface area contributed by atoms with Crippen LogP contribution < -0.4 is 0 Å². The lowest BCUT2D eigenvalue weighted by atomic mass is 10.2. The maximum atomic E-state index is 11.4. The second-order valence-electron chi connectivity index (χ2n) is 3.49. The van der Waals surface area contributed by atoms with Crippen LogP contribution in [-0.4, -0.2) is 26.6 Å². The molecule has 0 fully saturated rings. The first kappa shape index (κ1) is 13.2. The van der Waals surface area contributed by atoms with Crippen LogP contribution in [0.4, 0.5) is 0 Å². The number of carboxylic acid groups (broad SMARTS) is 1. The summed E-state index contributed by atoms with van der Waals surface area (Å²) in [6.45, 7) is 1.99. The molecule has 94 valence electrons. The lowest BCUT2D eigenvalue weighted by Gasteiger charge is -2.10. The van der Waals surface area contributed by atoms with E-state index in [0.717, 1.165) is 15.1 Å². The summed E-state index contributed by atoms with van der Waals surface area (Å²) in [6.07, 6.45) is 3.37. The fraction of sp³-hybridized carbons (Fsp3) is 0.167. The van der Waals surface area contributed by atoms with Gasteiger partial charge < -0.3 is 5.11 Å². The van der Waals surface area contributed by atoms with Gasteiger partial charge in [-0.25, -0.2) is 9.48 Å². The second kappa shape index (κ2) is 5.58. The highest BCUT2D eigenvalue weighted by Crippen LogP contribution is 2.28. The molecule has 0 saturated heterocycles. The molecule has 6 heteroatoms. The van der Waals surface area contributed by atoms with E-state index < -0.39 is 5.97 Å². The van der Waals surface area contributed by atoms with Crippen molar-refractivity contribution in [1.82, 2.24) is 9.78 Å². The Morgan fingerprint density at radius 3 is 2.89 bits per heavy atom. The van der Waals surface area contributed by atoms with Crippen molar-refractivity contribution in [2.45, 2.75) is 11.8 Å². The van der Waals surface area contributed by atoms with Crippen LogP contribution in [0.15, 0.2) is 40.0 Å². The Morgan fingerprint density at radius 1 is 1.56 bits per heavy atom. The number of aromatic nitrogens is 2. The van der Waals surface area contributed by atoms with Crippen molar-refractivity contribution >= 4 is 33.7 Å². The number of hydrogen-bond acceptors (Lipinski definition) is 3. The lowest BCUT2D eigenvalue weighted by molar-refractivity contribution is 0.0693. The highest BCUT2D eigenvalue weighted by molar-refractivity contribution is 9.10. The summed E-state index contributed by atoms with van der Waals surface area (Å²) in [4.78, 5) is 12.2. The van der Waals surface area contributed by atoms with Gasteiger partial charge in [-0.2, -0.15) is 5.10 Å². The van der Waals surface area contributed by atoms with Gasteiger partial charge in [-0.05, 0) is 33.8 Å². The van der Waals surface area contributed by atoms with Crippen molar-refractivity contribution in [3.63, 3.8) is 0 Å². The third-order valence-corrected chi connectivity index (χ3v) is 3.67. The van der Waals surface area contributed by atoms with Crippen LogP contribution in [0.5, 0.6) is 0 Å². The summed E-state index contributed by atoms with van der Waals surface area (Å²) in [7, 11) is 0. The van der Waals surface area contributed by atoms with Crippen LogP contribution in [0.25, 0.3) is 5.69 Å². The molecule has 1 aromatic heterocycles. The van der Waals surface area contributed by atoms with E-state index >= 15 is 0 Å². The molecule has 0 saturated carbocycles. The Morgan fingerprint density at radius 2 is 2.33 bits per heavy atom. The summed E-state index contributed by atoms with van der Waals surface area (Å²) in [6, 6.07) is 5.41. The van der Waals surface area contributed by atoms with Crippen LogP contribution in [0.3, 0.4) is 0 Å². The first-order chi connectivity index (χ1) is 8.63. The van der Waals surface area contributed by atoms with E-state index in [1.54, 1.807) is 23.1 Å². The molecule has 0 atom stereocenters. The topological polar surface area (TPSA) is 55.1 Å². The number of carbonyl (C=O) groups is 1. The first-order valence-corrected chi connectivity index (χ1v) is 7.11. The molecule has 0 spiro atoms. The number of benzene rings is 1. The number of thioether (sulfide) groups is 1. The predicted octanol–water partition coefficient (Wildman–Crippen LogP) is 3.45. The fourth-order valence-electron chi connectivity index (χ4n) is 1.63. The van der Waals surface area contributed by atoms with Crippen molar-refractivity contribution < 1.29 is 9.90 Å². The summed E-state index contributed by atoms with van der Waals surface area (Å²) in [5.41, 5.74) is 0.867. The highest BCUT2D eigenvalue weighted by Gasteiger charge is 2.17. The van der Waals surface area contributed by atoms with Crippen molar-refractivity contribution in [3.05, 3.63) is 40.6 Å². The molecule has 0 radical (unpaired) electrons. The van der Waals surface area contributed by atoms with Crippen LogP contribution in [-0.2, 0) is 0 Å². The van der Waals surface area contributed by atoms with Gasteiger partial charge in [0.25, 0.3) is 0 Å². The molecule has 0 aliphatic heterocycles. The SMILES string of the molecule is CCSc1cccc(-n2cc(Br)cn2)c1C(=O)O. The molecular weight excluding hydrogens is 316 g/mol. The van der Waals surface area contributed by atoms with E-state index in [1.165, 1.54) is 11.8 Å². The minimum atomic E-state index is -0.937. The van der Waals surface area contributed by atoms with E-state index in [-0.39, 0.29) is 0 Å². The Hall–Kier alpha value is -1.27. The summed E-state index contributed by atoms with van der Waals surface area (Å²) in [5.74, 6) is -0.111. The van der Waals surface area contributed by atoms with Gasteiger partial charge in [-0.3, -0.25) is 0 Å². The largest absolute Gasteiger partial charge is 0.478 e. The number of rotatable bonds is 4. The molecule has 0 aliphatic carbocycles. The lowest BCUT2D eigenvalue weighted by Crippen LogP contribution is -2.07. The van der Waals surface area contributed by atoms with E-state index in [4.69, 9.17) is 0 Å². The van der Waals surface area contributed by atoms with Gasteiger partial charge in [-0.1, -0.05) is 13.0 Å². The quantitative estimate of drug-likeness (QED) is 0.874. The Balaban J connectivity index is 2.59. The van der Waals surface area contributed by atoms with Crippen LogP contribution in [0, 0.1) is 0 Å². The van der Waals surface area contributed by atoms with Gasteiger partial charge in [0.15, 0.2) is 0 Å². The molecule has 1 aromatic carbocycles. The van der Waals surface area contributed by atoms with Crippen molar-refractivity contribution in [2.24, 2.45) is 0 Å². The molecule has 0 aliphatic rings. The second-order valence-corrected chi connectivity index (χ2v) is 5.71. The number of halogens is 1. The number of nitrogens with zero attached hydrogens (tertiary/aromatic N) is 2. The average Bonchev–Trinajstić information content (AvgIpc) is 2.75. The zero-order valence-electron chi connectivity index (χ0n) is 9.63. The Kier molecular flexibility index (Phi) is 4.08. The molecule has 2 rings (SSSR count). The van der Waals surface area contributed by atoms with E-state index in [9.17, 15) is 9.90 Å². The predicted molar refractivity (Wildman–Crippen MR) is 74.6 cm³/mol. The van der Waals surface area contributed by atoms with Gasteiger partial charge in [0.2, 0.25) is 0 Å². The highest BCUT2D eigenvalue weighted by atomic mass is 79.9. The normalized spacial score (nSPS) is 10.6. The summed E-state index contributed by atoms with van der Waals surface area (Å²) in [5, 5.41) is 13.5. The fourth-order valence-corrected chi connectivity index (χ4v) is 2.74. The minimum Gasteiger partial charge on any atom is -0.478 e. The smallest absolute Gasteiger partial charge is 0.339 e. The molecule has 1 heterocycles. The Labute approximate surface area is 117 Å². The first-order valence-electron chi connectivity index (χ1n) is 5.33. The van der Waals surface area contributed by atoms with E-state index in [0.29, 0.717) is 11.3 Å². The maximum Gasteiger partial charge on any atom is 0.339 e. The van der Waals surface area contributed by atoms with Crippen molar-refractivity contribution in [1.29, 1.82) is 0 Å². The summed E-state index contributed by atoms with van der Waals surface area (Å²) >= 11 is 4.82. The number of hydrogen-bond donors (Lipinski definition) is 1. The zero-order chi connectivity index (χ0) is 13.1. The van der Waals surface area contributed by atoms with Gasteiger partial charge in [0.1, 0.15) is 0 Å². The molecule has 0 bridgehead atoms. The van der Waals surface area contributed by atoms with Gasteiger partial charge in [0.05, 0.1) is 21.9 Å². The third kappa shape index (κ3) is 2.59. The number of aromatic carboxylic acids is 1. The van der Waals surface area contributed by atoms with Crippen molar-refractivity contribution in [3.8, 4) is 5.69 Å². The molecule has 18 heavy (non-hydrogen) atoms.